The van der Waals surface area contributed by atoms with Crippen molar-refractivity contribution in [2.24, 2.45) is 5.92 Å². The molecule has 3 heteroatoms. The van der Waals surface area contributed by atoms with E-state index in [1.54, 1.807) is 0 Å². The lowest BCUT2D eigenvalue weighted by Crippen LogP contribution is -2.30. The Morgan fingerprint density at radius 1 is 1.11 bits per heavy atom. The van der Waals surface area contributed by atoms with E-state index in [2.05, 4.69) is 20.0 Å². The summed E-state index contributed by atoms with van der Waals surface area (Å²) in [6.45, 7) is 7.90. The summed E-state index contributed by atoms with van der Waals surface area (Å²) < 4.78 is 11.6. The number of hydrogen-bond donors (Lipinski definition) is 0. The van der Waals surface area contributed by atoms with Crippen LogP contribution in [0.25, 0.3) is 0 Å². The number of ether oxygens (including phenoxy) is 1. The maximum absolute atomic E-state index is 6.02. The van der Waals surface area contributed by atoms with E-state index in [-0.39, 0.29) is 0 Å². The maximum Gasteiger partial charge on any atom is 0.186 e. The molecule has 0 aromatic carbocycles. The summed E-state index contributed by atoms with van der Waals surface area (Å²) in [7, 11) is -1.34. The van der Waals surface area contributed by atoms with Gasteiger partial charge in [0.25, 0.3) is 0 Å². The van der Waals surface area contributed by atoms with E-state index in [1.165, 1.54) is 51.0 Å². The molecule has 0 aromatic heterocycles. The highest BCUT2D eigenvalue weighted by atomic mass is 28.4. The molecule has 0 bridgehead atoms. The molecule has 2 nitrogen and oxygen atoms in total. The fourth-order valence-electron chi connectivity index (χ4n) is 3.36. The van der Waals surface area contributed by atoms with Crippen LogP contribution in [0.15, 0.2) is 0 Å². The smallest absolute Gasteiger partial charge is 0.186 e. The lowest BCUT2D eigenvalue weighted by Gasteiger charge is -2.23. The minimum atomic E-state index is -1.34. The van der Waals surface area contributed by atoms with Gasteiger partial charge in [-0.3, -0.25) is 0 Å². The summed E-state index contributed by atoms with van der Waals surface area (Å²) in [5, 5.41) is 0. The van der Waals surface area contributed by atoms with Crippen molar-refractivity contribution in [3.8, 4) is 0 Å². The van der Waals surface area contributed by atoms with Gasteiger partial charge in [-0.1, -0.05) is 32.6 Å². The van der Waals surface area contributed by atoms with Crippen LogP contribution >= 0.6 is 0 Å². The Bertz CT molecular complexity index is 267. The first-order valence-electron chi connectivity index (χ1n) is 8.40. The minimum Gasteiger partial charge on any atom is -0.417 e. The molecule has 0 radical (unpaired) electrons. The lowest BCUT2D eigenvalue weighted by atomic mass is 9.86. The first-order valence-corrected chi connectivity index (χ1v) is 11.5. The van der Waals surface area contributed by atoms with E-state index in [0.717, 1.165) is 18.9 Å². The van der Waals surface area contributed by atoms with Gasteiger partial charge in [0.2, 0.25) is 0 Å². The summed E-state index contributed by atoms with van der Waals surface area (Å²) in [5.74, 6) is 0.963. The van der Waals surface area contributed by atoms with Gasteiger partial charge in [-0.05, 0) is 50.7 Å². The van der Waals surface area contributed by atoms with Gasteiger partial charge >= 0.3 is 0 Å². The van der Waals surface area contributed by atoms with E-state index in [4.69, 9.17) is 9.16 Å². The Kier molecular flexibility index (Phi) is 5.91. The van der Waals surface area contributed by atoms with Crippen LogP contribution in [0.2, 0.25) is 19.1 Å². The van der Waals surface area contributed by atoms with Crippen LogP contribution in [0.1, 0.15) is 58.3 Å². The van der Waals surface area contributed by atoms with E-state index in [1.807, 2.05) is 0 Å². The maximum atomic E-state index is 6.02. The highest BCUT2D eigenvalue weighted by Crippen LogP contribution is 2.41. The average Bonchev–Trinajstić information content (AvgIpc) is 3.14. The SMILES string of the molecule is CCCO[Si](C)(C)CCCCCC1CCC2OC2C1. The second kappa shape index (κ2) is 7.23. The van der Waals surface area contributed by atoms with Crippen LogP contribution in [0.5, 0.6) is 0 Å². The van der Waals surface area contributed by atoms with E-state index in [0.29, 0.717) is 12.2 Å². The fourth-order valence-corrected chi connectivity index (χ4v) is 5.36. The largest absolute Gasteiger partial charge is 0.417 e. The van der Waals surface area contributed by atoms with Crippen molar-refractivity contribution in [2.45, 2.75) is 89.6 Å². The molecule has 1 heterocycles. The first-order chi connectivity index (χ1) is 9.11. The molecule has 2 rings (SSSR count). The molecule has 0 aromatic rings. The molecule has 1 aliphatic heterocycles. The van der Waals surface area contributed by atoms with Crippen molar-refractivity contribution < 1.29 is 9.16 Å². The molecule has 3 unspecified atom stereocenters. The number of unbranched alkanes of at least 4 members (excludes halogenated alkanes) is 2. The summed E-state index contributed by atoms with van der Waals surface area (Å²) >= 11 is 0. The Labute approximate surface area is 120 Å². The molecule has 0 spiro atoms. The summed E-state index contributed by atoms with van der Waals surface area (Å²) in [5.41, 5.74) is 0. The van der Waals surface area contributed by atoms with Gasteiger partial charge in [-0.2, -0.15) is 0 Å². The molecular weight excluding hydrogens is 252 g/mol. The standard InChI is InChI=1S/C16H32O2Si/c1-4-11-17-19(2,3)12-7-5-6-8-14-9-10-15-16(13-14)18-15/h14-16H,4-13H2,1-3H3. The van der Waals surface area contributed by atoms with Gasteiger partial charge in [-0.25, -0.2) is 0 Å². The van der Waals surface area contributed by atoms with Crippen molar-refractivity contribution in [1.82, 2.24) is 0 Å². The molecule has 2 fully saturated rings. The van der Waals surface area contributed by atoms with Crippen LogP contribution in [-0.4, -0.2) is 27.1 Å². The molecule has 19 heavy (non-hydrogen) atoms. The zero-order valence-electron chi connectivity index (χ0n) is 13.1. The molecule has 1 saturated carbocycles. The third kappa shape index (κ3) is 5.56. The molecule has 1 saturated heterocycles. The van der Waals surface area contributed by atoms with Gasteiger partial charge in [0.05, 0.1) is 12.2 Å². The number of epoxide rings is 1. The second-order valence-corrected chi connectivity index (χ2v) is 11.4. The highest BCUT2D eigenvalue weighted by molar-refractivity contribution is 6.71. The van der Waals surface area contributed by atoms with Crippen LogP contribution in [0.4, 0.5) is 0 Å². The van der Waals surface area contributed by atoms with E-state index < -0.39 is 8.32 Å². The minimum absolute atomic E-state index is 0.660. The lowest BCUT2D eigenvalue weighted by molar-refractivity contribution is 0.304. The fraction of sp³-hybridized carbons (Fsp3) is 1.00. The number of rotatable bonds is 9. The van der Waals surface area contributed by atoms with Crippen LogP contribution in [-0.2, 0) is 9.16 Å². The first kappa shape index (κ1) is 15.5. The topological polar surface area (TPSA) is 21.8 Å². The third-order valence-electron chi connectivity index (χ3n) is 4.70. The van der Waals surface area contributed by atoms with Crippen molar-refractivity contribution in [3.05, 3.63) is 0 Å². The summed E-state index contributed by atoms with van der Waals surface area (Å²) in [4.78, 5) is 0. The van der Waals surface area contributed by atoms with Crippen molar-refractivity contribution in [3.63, 3.8) is 0 Å². The van der Waals surface area contributed by atoms with Crippen molar-refractivity contribution in [1.29, 1.82) is 0 Å². The van der Waals surface area contributed by atoms with Gasteiger partial charge in [0.1, 0.15) is 0 Å². The number of hydrogen-bond acceptors (Lipinski definition) is 2. The average molecular weight is 285 g/mol. The molecule has 112 valence electrons. The zero-order chi connectivity index (χ0) is 13.7. The van der Waals surface area contributed by atoms with E-state index in [9.17, 15) is 0 Å². The Morgan fingerprint density at radius 3 is 2.68 bits per heavy atom. The summed E-state index contributed by atoms with van der Waals surface area (Å²) in [6, 6.07) is 1.34. The summed E-state index contributed by atoms with van der Waals surface area (Å²) in [6.07, 6.45) is 12.2. The Hall–Kier alpha value is 0.137. The zero-order valence-corrected chi connectivity index (χ0v) is 14.1. The molecule has 1 aliphatic carbocycles. The predicted molar refractivity (Wildman–Crippen MR) is 83.0 cm³/mol. The Morgan fingerprint density at radius 2 is 1.95 bits per heavy atom. The molecular formula is C16H32O2Si. The second-order valence-electron chi connectivity index (χ2n) is 7.10. The normalized spacial score (nSPS) is 30.2. The van der Waals surface area contributed by atoms with E-state index >= 15 is 0 Å². The van der Waals surface area contributed by atoms with Gasteiger partial charge in [-0.15, -0.1) is 0 Å². The van der Waals surface area contributed by atoms with Gasteiger partial charge in [0, 0.05) is 6.61 Å². The number of fused-ring (bicyclic) bond motifs is 1. The molecule has 0 amide bonds. The van der Waals surface area contributed by atoms with Crippen LogP contribution in [0.3, 0.4) is 0 Å². The Balaban J connectivity index is 1.47. The quantitative estimate of drug-likeness (QED) is 0.346. The van der Waals surface area contributed by atoms with Crippen LogP contribution < -0.4 is 0 Å². The predicted octanol–water partition coefficient (Wildman–Crippen LogP) is 4.75. The van der Waals surface area contributed by atoms with Gasteiger partial charge in [0.15, 0.2) is 8.32 Å². The van der Waals surface area contributed by atoms with Crippen molar-refractivity contribution >= 4 is 8.32 Å². The molecule has 0 N–H and O–H groups in total. The van der Waals surface area contributed by atoms with Gasteiger partial charge < -0.3 is 9.16 Å². The van der Waals surface area contributed by atoms with Crippen LogP contribution in [0, 0.1) is 5.92 Å². The molecule has 3 atom stereocenters. The molecule has 2 aliphatic rings. The van der Waals surface area contributed by atoms with Crippen molar-refractivity contribution in [2.75, 3.05) is 6.61 Å². The third-order valence-corrected chi connectivity index (χ3v) is 7.24. The highest BCUT2D eigenvalue weighted by Gasteiger charge is 2.43. The monoisotopic (exact) mass is 284 g/mol.